The van der Waals surface area contributed by atoms with Gasteiger partial charge in [0.05, 0.1) is 5.54 Å². The van der Waals surface area contributed by atoms with Crippen molar-refractivity contribution in [1.29, 1.82) is 0 Å². The van der Waals surface area contributed by atoms with Gasteiger partial charge in [0.1, 0.15) is 0 Å². The molecule has 3 fully saturated rings. The van der Waals surface area contributed by atoms with Crippen LogP contribution in [0.5, 0.6) is 0 Å². The Balaban J connectivity index is 1.20. The average Bonchev–Trinajstić information content (AvgIpc) is 3.89. The van der Waals surface area contributed by atoms with Gasteiger partial charge in [-0.15, -0.1) is 0 Å². The number of anilines is 4. The van der Waals surface area contributed by atoms with E-state index < -0.39 is 0 Å². The molecule has 6 unspecified atom stereocenters. The molecule has 0 spiro atoms. The summed E-state index contributed by atoms with van der Waals surface area (Å²) in [5.41, 5.74) is 21.3. The summed E-state index contributed by atoms with van der Waals surface area (Å²) in [6.07, 6.45) is 13.8. The van der Waals surface area contributed by atoms with Crippen LogP contribution in [0.4, 0.5) is 22.7 Å². The van der Waals surface area contributed by atoms with E-state index in [1.807, 2.05) is 0 Å². The number of hydrogen-bond acceptors (Lipinski definition) is 2. The van der Waals surface area contributed by atoms with Crippen LogP contribution in [0.15, 0.2) is 144 Å². The molecule has 7 aliphatic rings. The topological polar surface area (TPSA) is 6.48 Å². The molecule has 0 amide bonds. The van der Waals surface area contributed by atoms with Crippen molar-refractivity contribution in [2.45, 2.75) is 70.9 Å². The van der Waals surface area contributed by atoms with Gasteiger partial charge in [0.15, 0.2) is 0 Å². The lowest BCUT2D eigenvalue weighted by molar-refractivity contribution is 0.0601. The summed E-state index contributed by atoms with van der Waals surface area (Å²) < 4.78 is 0. The average molecular weight is 699 g/mol. The molecule has 5 aliphatic carbocycles. The molecule has 12 rings (SSSR count). The van der Waals surface area contributed by atoms with E-state index in [9.17, 15) is 0 Å². The minimum absolute atomic E-state index is 0.00444. The highest BCUT2D eigenvalue weighted by atomic mass is 15.2. The zero-order valence-electron chi connectivity index (χ0n) is 31.9. The monoisotopic (exact) mass is 698 g/mol. The molecule has 5 aromatic carbocycles. The fraction of sp³-hybridized carbons (Fsp3) is 0.294. The molecule has 5 aromatic rings. The third-order valence-electron chi connectivity index (χ3n) is 14.6. The second-order valence-corrected chi connectivity index (χ2v) is 18.4. The summed E-state index contributed by atoms with van der Waals surface area (Å²) in [6.45, 7) is 10.0. The van der Waals surface area contributed by atoms with E-state index >= 15 is 0 Å². The summed E-state index contributed by atoms with van der Waals surface area (Å²) >= 11 is 0. The fourth-order valence-electron chi connectivity index (χ4n) is 12.7. The maximum absolute atomic E-state index is 2.89. The van der Waals surface area contributed by atoms with E-state index in [2.05, 4.69) is 165 Å². The minimum atomic E-state index is -0.189. The highest BCUT2D eigenvalue weighted by molar-refractivity contribution is 7.01. The van der Waals surface area contributed by atoms with E-state index in [1.165, 1.54) is 86.2 Å². The molecule has 0 N–H and O–H groups in total. The van der Waals surface area contributed by atoms with Gasteiger partial charge in [0, 0.05) is 28.3 Å². The van der Waals surface area contributed by atoms with Crippen LogP contribution in [-0.4, -0.2) is 17.8 Å². The Morgan fingerprint density at radius 3 is 1.89 bits per heavy atom. The molecular weight excluding hydrogens is 651 g/mol. The predicted octanol–water partition coefficient (Wildman–Crippen LogP) is 10.5. The maximum Gasteiger partial charge on any atom is 0.253 e. The quantitative estimate of drug-likeness (QED) is 0.136. The lowest BCUT2D eigenvalue weighted by Crippen LogP contribution is -2.68. The van der Waals surface area contributed by atoms with Crippen LogP contribution >= 0.6 is 0 Å². The van der Waals surface area contributed by atoms with Gasteiger partial charge >= 0.3 is 0 Å². The molecular formula is C51H47BN2. The van der Waals surface area contributed by atoms with Gasteiger partial charge in [-0.05, 0) is 156 Å². The molecule has 2 heterocycles. The van der Waals surface area contributed by atoms with E-state index in [1.54, 1.807) is 16.7 Å². The second-order valence-electron chi connectivity index (χ2n) is 18.4. The predicted molar refractivity (Wildman–Crippen MR) is 228 cm³/mol. The Kier molecular flexibility index (Phi) is 6.28. The van der Waals surface area contributed by atoms with Crippen molar-refractivity contribution in [3.05, 3.63) is 150 Å². The van der Waals surface area contributed by atoms with Crippen LogP contribution in [0.1, 0.15) is 58.4 Å². The Morgan fingerprint density at radius 2 is 1.26 bits per heavy atom. The van der Waals surface area contributed by atoms with Gasteiger partial charge in [-0.3, -0.25) is 0 Å². The van der Waals surface area contributed by atoms with Crippen molar-refractivity contribution in [2.75, 3.05) is 9.80 Å². The van der Waals surface area contributed by atoms with Gasteiger partial charge in [0.2, 0.25) is 0 Å². The van der Waals surface area contributed by atoms with Gasteiger partial charge in [0.25, 0.3) is 6.71 Å². The maximum atomic E-state index is 2.89. The molecule has 0 bridgehead atoms. The lowest BCUT2D eigenvalue weighted by Gasteiger charge is -2.63. The number of benzene rings is 5. The number of rotatable bonds is 4. The molecule has 0 radical (unpaired) electrons. The highest BCUT2D eigenvalue weighted by Gasteiger charge is 2.58. The first-order chi connectivity index (χ1) is 26.3. The zero-order valence-corrected chi connectivity index (χ0v) is 31.9. The first kappa shape index (κ1) is 31.3. The molecule has 54 heavy (non-hydrogen) atoms. The van der Waals surface area contributed by atoms with Crippen molar-refractivity contribution >= 4 is 45.9 Å². The first-order valence-corrected chi connectivity index (χ1v) is 20.5. The lowest BCUT2D eigenvalue weighted by atomic mass is 9.31. The Bertz CT molecular complexity index is 2530. The molecule has 3 heteroatoms. The van der Waals surface area contributed by atoms with Crippen LogP contribution < -0.4 is 26.2 Å². The molecule has 2 aliphatic heterocycles. The second kappa shape index (κ2) is 10.8. The Morgan fingerprint density at radius 1 is 0.630 bits per heavy atom. The molecule has 2 nitrogen and oxygen atoms in total. The first-order valence-electron chi connectivity index (χ1n) is 20.5. The Labute approximate surface area is 321 Å². The van der Waals surface area contributed by atoms with Crippen LogP contribution in [0.2, 0.25) is 0 Å². The Hall–Kier alpha value is -5.02. The third kappa shape index (κ3) is 4.25. The van der Waals surface area contributed by atoms with Crippen LogP contribution in [0.3, 0.4) is 0 Å². The number of fused-ring (bicyclic) bond motifs is 5. The van der Waals surface area contributed by atoms with Crippen molar-refractivity contribution in [3.8, 4) is 22.3 Å². The smallest absolute Gasteiger partial charge is 0.253 e. The number of nitrogens with zero attached hydrogens (tertiary/aromatic N) is 2. The van der Waals surface area contributed by atoms with Crippen molar-refractivity contribution < 1.29 is 0 Å². The van der Waals surface area contributed by atoms with E-state index in [-0.39, 0.29) is 17.8 Å². The van der Waals surface area contributed by atoms with Crippen molar-refractivity contribution in [3.63, 3.8) is 0 Å². The highest BCUT2D eigenvalue weighted by Crippen LogP contribution is 2.63. The summed E-state index contributed by atoms with van der Waals surface area (Å²) in [5, 5.41) is 0. The van der Waals surface area contributed by atoms with Crippen molar-refractivity contribution in [2.24, 2.45) is 23.7 Å². The largest absolute Gasteiger partial charge is 0.336 e. The van der Waals surface area contributed by atoms with Gasteiger partial charge < -0.3 is 9.80 Å². The number of aryl methyl sites for hydroxylation is 1. The third-order valence-corrected chi connectivity index (χ3v) is 14.6. The summed E-state index contributed by atoms with van der Waals surface area (Å²) in [5.74, 6) is 2.85. The fourth-order valence-corrected chi connectivity index (χ4v) is 12.7. The minimum Gasteiger partial charge on any atom is -0.336 e. The van der Waals surface area contributed by atoms with Gasteiger partial charge in [-0.25, -0.2) is 0 Å². The van der Waals surface area contributed by atoms with Crippen molar-refractivity contribution in [1.82, 2.24) is 0 Å². The van der Waals surface area contributed by atoms with Crippen LogP contribution in [-0.2, 0) is 0 Å². The zero-order chi connectivity index (χ0) is 36.1. The molecule has 264 valence electrons. The van der Waals surface area contributed by atoms with Gasteiger partial charge in [-0.2, -0.15) is 0 Å². The summed E-state index contributed by atoms with van der Waals surface area (Å²) in [7, 11) is 0. The number of allylic oxidation sites excluding steroid dienone is 5. The standard InChI is InChI=1S/C51H47BN2/c1-31-22-44-49-45(23-31)54(51(4)29-38-25-36-26-39(30-51)46(36)38)43-20-12-18-41(34-15-9-6-10-16-34)48(43)52(49)47-40(33-13-7-5-8-14-33)17-11-19-42(47)53(44)50(3)27-32(2)21-35-24-37(35)28-50/h5-23,25,28,32,38-39,46H,24,26-27,29-30H2,1-4H3. The normalized spacial score (nSPS) is 29.1. The van der Waals surface area contributed by atoms with Gasteiger partial charge in [-0.1, -0.05) is 116 Å². The number of hydrogen-bond donors (Lipinski definition) is 0. The van der Waals surface area contributed by atoms with Crippen LogP contribution in [0, 0.1) is 30.6 Å². The molecule has 6 atom stereocenters. The molecule has 0 aromatic heterocycles. The summed E-state index contributed by atoms with van der Waals surface area (Å²) in [6, 6.07) is 42.0. The summed E-state index contributed by atoms with van der Waals surface area (Å²) in [4.78, 5) is 5.71. The van der Waals surface area contributed by atoms with E-state index in [0.29, 0.717) is 11.8 Å². The SMILES string of the molecule is Cc1cc2c3c(c1)N(C1(C)CC4C=C5CC(C1)C54)c1cccc(-c4ccccc4)c1B3c1c(-c3ccccc3)cccc1N2C1(C)C=C2CC2=CC(C)C1. The molecule has 3 saturated carbocycles. The van der Waals surface area contributed by atoms with E-state index in [4.69, 9.17) is 0 Å². The van der Waals surface area contributed by atoms with E-state index in [0.717, 1.165) is 24.7 Å². The van der Waals surface area contributed by atoms with Crippen LogP contribution in [0.25, 0.3) is 22.3 Å². The molecule has 0 saturated heterocycles.